The third kappa shape index (κ3) is 2.75. The maximum atomic E-state index is 12.4. The summed E-state index contributed by atoms with van der Waals surface area (Å²) in [4.78, 5) is 32.8. The highest BCUT2D eigenvalue weighted by Gasteiger charge is 2.41. The molecule has 0 fully saturated rings. The van der Waals surface area contributed by atoms with Gasteiger partial charge in [-0.15, -0.1) is 0 Å². The molecule has 1 aromatic heterocycles. The molecule has 1 unspecified atom stereocenters. The van der Waals surface area contributed by atoms with Crippen LogP contribution in [-0.2, 0) is 16.0 Å². The van der Waals surface area contributed by atoms with Crippen molar-refractivity contribution in [3.05, 3.63) is 65.4 Å². The van der Waals surface area contributed by atoms with E-state index in [1.54, 1.807) is 12.5 Å². The number of nitrogens with one attached hydrogen (secondary N) is 1. The average Bonchev–Trinajstić information content (AvgIpc) is 3.14. The Morgan fingerprint density at radius 2 is 2.09 bits per heavy atom. The molecule has 6 nitrogen and oxygen atoms in total. The van der Waals surface area contributed by atoms with Crippen LogP contribution in [0.3, 0.4) is 0 Å². The van der Waals surface area contributed by atoms with E-state index in [0.29, 0.717) is 13.0 Å². The Morgan fingerprint density at radius 3 is 2.70 bits per heavy atom. The zero-order valence-electron chi connectivity index (χ0n) is 12.7. The molecule has 2 aromatic rings. The van der Waals surface area contributed by atoms with E-state index in [0.717, 1.165) is 11.3 Å². The lowest BCUT2D eigenvalue weighted by atomic mass is 9.97. The number of nitrogens with zero attached hydrogens (tertiary/aromatic N) is 2. The molecule has 1 amide bonds. The second-order valence-electron chi connectivity index (χ2n) is 5.46. The summed E-state index contributed by atoms with van der Waals surface area (Å²) in [6.07, 6.45) is 3.83. The Bertz CT molecular complexity index is 751. The molecule has 3 rings (SSSR count). The van der Waals surface area contributed by atoms with Crippen LogP contribution in [-0.4, -0.2) is 38.2 Å². The van der Waals surface area contributed by atoms with Crippen molar-refractivity contribution < 1.29 is 14.7 Å². The lowest BCUT2D eigenvalue weighted by molar-refractivity contribution is -0.129. The Labute approximate surface area is 133 Å². The van der Waals surface area contributed by atoms with Crippen LogP contribution >= 0.6 is 0 Å². The molecule has 0 spiro atoms. The van der Waals surface area contributed by atoms with Crippen LogP contribution in [0.15, 0.2) is 54.2 Å². The van der Waals surface area contributed by atoms with E-state index >= 15 is 0 Å². The fourth-order valence-corrected chi connectivity index (χ4v) is 2.89. The Kier molecular flexibility index (Phi) is 3.97. The van der Waals surface area contributed by atoms with Gasteiger partial charge in [-0.2, -0.15) is 0 Å². The van der Waals surface area contributed by atoms with E-state index in [-0.39, 0.29) is 11.4 Å². The third-order valence-electron chi connectivity index (χ3n) is 3.98. The Morgan fingerprint density at radius 1 is 1.35 bits per heavy atom. The number of carbonyl (C=O) groups excluding carboxylic acids is 2. The van der Waals surface area contributed by atoms with Crippen molar-refractivity contribution >= 4 is 11.7 Å². The quantitative estimate of drug-likeness (QED) is 0.883. The predicted octanol–water partition coefficient (Wildman–Crippen LogP) is 1.94. The van der Waals surface area contributed by atoms with Crippen molar-refractivity contribution in [1.82, 2.24) is 14.9 Å². The summed E-state index contributed by atoms with van der Waals surface area (Å²) in [5.74, 6) is -1.26. The number of aliphatic hydroxyl groups excluding tert-OH is 1. The largest absolute Gasteiger partial charge is 0.503 e. The van der Waals surface area contributed by atoms with Crippen molar-refractivity contribution in [2.24, 2.45) is 0 Å². The van der Waals surface area contributed by atoms with Gasteiger partial charge in [0, 0.05) is 24.9 Å². The number of ketones is 1. The molecule has 118 valence electrons. The molecule has 6 heteroatoms. The van der Waals surface area contributed by atoms with Gasteiger partial charge in [-0.25, -0.2) is 4.98 Å². The fraction of sp³-hybridized carbons (Fsp3) is 0.235. The lowest BCUT2D eigenvalue weighted by Gasteiger charge is -2.26. The number of aromatic amines is 1. The number of aliphatic hydroxyl groups is 1. The zero-order chi connectivity index (χ0) is 16.4. The number of H-pyrrole nitrogens is 1. The van der Waals surface area contributed by atoms with E-state index in [2.05, 4.69) is 9.97 Å². The number of hydrogen-bond acceptors (Lipinski definition) is 4. The Balaban J connectivity index is 1.93. The van der Waals surface area contributed by atoms with Gasteiger partial charge in [-0.1, -0.05) is 30.3 Å². The highest BCUT2D eigenvalue weighted by molar-refractivity contribution is 6.08. The van der Waals surface area contributed by atoms with Crippen LogP contribution in [0.25, 0.3) is 0 Å². The number of carbonyl (C=O) groups is 2. The highest BCUT2D eigenvalue weighted by Crippen LogP contribution is 2.37. The number of benzene rings is 1. The summed E-state index contributed by atoms with van der Waals surface area (Å²) in [6.45, 7) is 1.74. The first-order valence-electron chi connectivity index (χ1n) is 7.37. The summed E-state index contributed by atoms with van der Waals surface area (Å²) < 4.78 is 0. The molecule has 2 N–H and O–H groups in total. The molecule has 1 aliphatic rings. The van der Waals surface area contributed by atoms with E-state index in [1.165, 1.54) is 11.8 Å². The normalized spacial score (nSPS) is 17.9. The summed E-state index contributed by atoms with van der Waals surface area (Å²) in [5.41, 5.74) is 1.85. The molecule has 0 radical (unpaired) electrons. The summed E-state index contributed by atoms with van der Waals surface area (Å²) in [5, 5.41) is 10.1. The fourth-order valence-electron chi connectivity index (χ4n) is 2.89. The van der Waals surface area contributed by atoms with Crippen LogP contribution < -0.4 is 0 Å². The molecule has 1 atom stereocenters. The molecule has 1 aromatic carbocycles. The maximum Gasteiger partial charge on any atom is 0.290 e. The summed E-state index contributed by atoms with van der Waals surface area (Å²) in [7, 11) is 0. The molecule has 1 aliphatic heterocycles. The standard InChI is InChI=1S/C17H17N3O3/c1-11(21)14-15(12-5-3-2-4-6-12)20(17(23)16(14)22)8-7-13-9-18-10-19-13/h2-6,9-10,15,22H,7-8H2,1H3,(H,18,19). The van der Waals surface area contributed by atoms with Gasteiger partial charge in [0.05, 0.1) is 17.9 Å². The molecule has 0 saturated carbocycles. The maximum absolute atomic E-state index is 12.4. The highest BCUT2D eigenvalue weighted by atomic mass is 16.3. The number of amides is 1. The molecular weight excluding hydrogens is 294 g/mol. The van der Waals surface area contributed by atoms with E-state index < -0.39 is 17.7 Å². The molecule has 23 heavy (non-hydrogen) atoms. The van der Waals surface area contributed by atoms with Gasteiger partial charge >= 0.3 is 0 Å². The number of rotatable bonds is 5. The monoisotopic (exact) mass is 311 g/mol. The smallest absolute Gasteiger partial charge is 0.290 e. The zero-order valence-corrected chi connectivity index (χ0v) is 12.7. The minimum atomic E-state index is -0.552. The molecule has 0 saturated heterocycles. The van der Waals surface area contributed by atoms with E-state index in [1.807, 2.05) is 30.3 Å². The van der Waals surface area contributed by atoms with Crippen molar-refractivity contribution in [2.45, 2.75) is 19.4 Å². The molecule has 0 bridgehead atoms. The summed E-state index contributed by atoms with van der Waals surface area (Å²) >= 11 is 0. The van der Waals surface area contributed by atoms with Crippen LogP contribution in [0, 0.1) is 0 Å². The first kappa shape index (κ1) is 15.0. The van der Waals surface area contributed by atoms with Gasteiger partial charge < -0.3 is 15.0 Å². The molecular formula is C17H17N3O3. The van der Waals surface area contributed by atoms with Gasteiger partial charge in [-0.3, -0.25) is 9.59 Å². The SMILES string of the molecule is CC(=O)C1=C(O)C(=O)N(CCc2cnc[nH]2)C1c1ccccc1. The van der Waals surface area contributed by atoms with Crippen molar-refractivity contribution in [1.29, 1.82) is 0 Å². The van der Waals surface area contributed by atoms with Gasteiger partial charge in [0.15, 0.2) is 11.5 Å². The van der Waals surface area contributed by atoms with Gasteiger partial charge in [-0.05, 0) is 12.5 Å². The summed E-state index contributed by atoms with van der Waals surface area (Å²) in [6, 6.07) is 8.71. The van der Waals surface area contributed by atoms with Crippen LogP contribution in [0.2, 0.25) is 0 Å². The topological polar surface area (TPSA) is 86.3 Å². The van der Waals surface area contributed by atoms with Crippen molar-refractivity contribution in [3.8, 4) is 0 Å². The average molecular weight is 311 g/mol. The van der Waals surface area contributed by atoms with E-state index in [9.17, 15) is 14.7 Å². The predicted molar refractivity (Wildman–Crippen MR) is 83.5 cm³/mol. The van der Waals surface area contributed by atoms with Crippen LogP contribution in [0.1, 0.15) is 24.2 Å². The van der Waals surface area contributed by atoms with Gasteiger partial charge in [0.1, 0.15) is 0 Å². The third-order valence-corrected chi connectivity index (χ3v) is 3.98. The second kappa shape index (κ2) is 6.08. The van der Waals surface area contributed by atoms with Crippen LogP contribution in [0.5, 0.6) is 0 Å². The van der Waals surface area contributed by atoms with Gasteiger partial charge in [0.2, 0.25) is 0 Å². The number of aromatic nitrogens is 2. The number of hydrogen-bond donors (Lipinski definition) is 2. The molecule has 0 aliphatic carbocycles. The first-order valence-corrected chi connectivity index (χ1v) is 7.37. The first-order chi connectivity index (χ1) is 11.1. The number of Topliss-reactive ketones (excluding diaryl/α,β-unsaturated/α-hetero) is 1. The Hall–Kier alpha value is -2.89. The van der Waals surface area contributed by atoms with Gasteiger partial charge in [0.25, 0.3) is 5.91 Å². The van der Waals surface area contributed by atoms with Crippen LogP contribution in [0.4, 0.5) is 0 Å². The lowest BCUT2D eigenvalue weighted by Crippen LogP contribution is -2.33. The minimum absolute atomic E-state index is 0.158. The van der Waals surface area contributed by atoms with E-state index in [4.69, 9.17) is 0 Å². The number of imidazole rings is 1. The minimum Gasteiger partial charge on any atom is -0.503 e. The van der Waals surface area contributed by atoms with Crippen molar-refractivity contribution in [3.63, 3.8) is 0 Å². The second-order valence-corrected chi connectivity index (χ2v) is 5.46. The van der Waals surface area contributed by atoms with Crippen molar-refractivity contribution in [2.75, 3.05) is 6.54 Å². The molecule has 2 heterocycles.